The van der Waals surface area contributed by atoms with Gasteiger partial charge in [0.15, 0.2) is 0 Å². The molecule has 3 nitrogen and oxygen atoms in total. The van der Waals surface area contributed by atoms with E-state index in [1.807, 2.05) is 19.2 Å². The van der Waals surface area contributed by atoms with Gasteiger partial charge in [0, 0.05) is 17.2 Å². The third-order valence-corrected chi connectivity index (χ3v) is 2.72. The van der Waals surface area contributed by atoms with Gasteiger partial charge < -0.3 is 5.73 Å². The molecule has 1 unspecified atom stereocenters. The summed E-state index contributed by atoms with van der Waals surface area (Å²) in [7, 11) is 0. The van der Waals surface area contributed by atoms with Crippen molar-refractivity contribution in [2.45, 2.75) is 39.2 Å². The third-order valence-electron chi connectivity index (χ3n) is 2.72. The molecule has 0 amide bonds. The van der Waals surface area contributed by atoms with E-state index in [9.17, 15) is 0 Å². The Labute approximate surface area is 96.3 Å². The van der Waals surface area contributed by atoms with E-state index in [0.29, 0.717) is 0 Å². The average Bonchev–Trinajstić information content (AvgIpc) is 2.59. The molecule has 2 heterocycles. The second kappa shape index (κ2) is 3.59. The van der Waals surface area contributed by atoms with Gasteiger partial charge in [0.25, 0.3) is 0 Å². The molecule has 86 valence electrons. The van der Waals surface area contributed by atoms with Crippen molar-refractivity contribution in [2.75, 3.05) is 0 Å². The number of rotatable bonds is 1. The van der Waals surface area contributed by atoms with Crippen molar-refractivity contribution < 1.29 is 0 Å². The third kappa shape index (κ3) is 1.71. The number of aromatic nitrogens is 2. The largest absolute Gasteiger partial charge is 0.323 e. The quantitative estimate of drug-likeness (QED) is 0.798. The Bertz CT molecular complexity index is 503. The molecule has 0 fully saturated rings. The first-order valence-corrected chi connectivity index (χ1v) is 5.63. The minimum absolute atomic E-state index is 0.0130. The standard InChI is InChI=1S/C13H19N3/c1-9(14)11-7-5-6-10-8-15-12(16(10)11)13(2,3)4/h5-9H,14H2,1-4H3. The molecule has 0 radical (unpaired) electrons. The average molecular weight is 217 g/mol. The van der Waals surface area contributed by atoms with Crippen molar-refractivity contribution in [2.24, 2.45) is 5.73 Å². The van der Waals surface area contributed by atoms with Crippen LogP contribution in [0.15, 0.2) is 24.4 Å². The zero-order valence-electron chi connectivity index (χ0n) is 10.4. The van der Waals surface area contributed by atoms with Crippen LogP contribution in [0.25, 0.3) is 5.52 Å². The topological polar surface area (TPSA) is 43.3 Å². The van der Waals surface area contributed by atoms with Gasteiger partial charge in [-0.05, 0) is 19.1 Å². The van der Waals surface area contributed by atoms with Crippen LogP contribution in [0.4, 0.5) is 0 Å². The van der Waals surface area contributed by atoms with Crippen molar-refractivity contribution in [1.29, 1.82) is 0 Å². The van der Waals surface area contributed by atoms with Gasteiger partial charge >= 0.3 is 0 Å². The first-order chi connectivity index (χ1) is 7.41. The van der Waals surface area contributed by atoms with Crippen LogP contribution < -0.4 is 5.73 Å². The first-order valence-electron chi connectivity index (χ1n) is 5.63. The molecular weight excluding hydrogens is 198 g/mol. The maximum Gasteiger partial charge on any atom is 0.118 e. The number of hydrogen-bond acceptors (Lipinski definition) is 2. The van der Waals surface area contributed by atoms with Crippen LogP contribution >= 0.6 is 0 Å². The highest BCUT2D eigenvalue weighted by Gasteiger charge is 2.21. The Kier molecular flexibility index (Phi) is 2.50. The Hall–Kier alpha value is -1.35. The number of fused-ring (bicyclic) bond motifs is 1. The summed E-state index contributed by atoms with van der Waals surface area (Å²) >= 11 is 0. The lowest BCUT2D eigenvalue weighted by atomic mass is 9.95. The minimum Gasteiger partial charge on any atom is -0.323 e. The zero-order chi connectivity index (χ0) is 11.9. The minimum atomic E-state index is 0.0130. The molecule has 0 aliphatic heterocycles. The Balaban J connectivity index is 2.78. The normalized spacial score (nSPS) is 14.3. The smallest absolute Gasteiger partial charge is 0.118 e. The SMILES string of the molecule is CC(N)c1cccc2cnc(C(C)(C)C)n12. The van der Waals surface area contributed by atoms with Gasteiger partial charge in [0.05, 0.1) is 11.7 Å². The number of nitrogens with two attached hydrogens (primary N) is 1. The number of hydrogen-bond donors (Lipinski definition) is 1. The van der Waals surface area contributed by atoms with Crippen LogP contribution in [0, 0.1) is 0 Å². The molecular formula is C13H19N3. The lowest BCUT2D eigenvalue weighted by Crippen LogP contribution is -2.19. The summed E-state index contributed by atoms with van der Waals surface area (Å²) in [5.74, 6) is 1.07. The van der Waals surface area contributed by atoms with Crippen molar-refractivity contribution in [3.8, 4) is 0 Å². The molecule has 0 saturated heterocycles. The first kappa shape index (κ1) is 11.1. The molecule has 3 heteroatoms. The molecule has 0 aliphatic carbocycles. The molecule has 0 bridgehead atoms. The summed E-state index contributed by atoms with van der Waals surface area (Å²) in [5.41, 5.74) is 8.25. The highest BCUT2D eigenvalue weighted by atomic mass is 15.0. The van der Waals surface area contributed by atoms with Crippen LogP contribution in [-0.4, -0.2) is 9.38 Å². The van der Waals surface area contributed by atoms with Gasteiger partial charge in [0.2, 0.25) is 0 Å². The molecule has 1 atom stereocenters. The summed E-state index contributed by atoms with van der Waals surface area (Å²) in [6, 6.07) is 6.17. The van der Waals surface area contributed by atoms with Crippen LogP contribution in [0.3, 0.4) is 0 Å². The highest BCUT2D eigenvalue weighted by molar-refractivity contribution is 5.48. The Morgan fingerprint density at radius 3 is 2.56 bits per heavy atom. The molecule has 2 N–H and O–H groups in total. The fourth-order valence-corrected chi connectivity index (χ4v) is 1.96. The van der Waals surface area contributed by atoms with Gasteiger partial charge in [-0.2, -0.15) is 0 Å². The maximum absolute atomic E-state index is 6.00. The van der Waals surface area contributed by atoms with Gasteiger partial charge in [-0.1, -0.05) is 26.8 Å². The van der Waals surface area contributed by atoms with Crippen molar-refractivity contribution in [3.63, 3.8) is 0 Å². The summed E-state index contributed by atoms with van der Waals surface area (Å²) in [6.07, 6.45) is 1.91. The summed E-state index contributed by atoms with van der Waals surface area (Å²) < 4.78 is 2.17. The second-order valence-electron chi connectivity index (χ2n) is 5.33. The number of pyridine rings is 1. The van der Waals surface area contributed by atoms with Crippen LogP contribution in [0.1, 0.15) is 45.3 Å². The summed E-state index contributed by atoms with van der Waals surface area (Å²) in [5, 5.41) is 0. The van der Waals surface area contributed by atoms with Crippen LogP contribution in [0.5, 0.6) is 0 Å². The highest BCUT2D eigenvalue weighted by Crippen LogP contribution is 2.25. The van der Waals surface area contributed by atoms with E-state index in [1.54, 1.807) is 0 Å². The molecule has 0 saturated carbocycles. The predicted octanol–water partition coefficient (Wildman–Crippen LogP) is 2.65. The van der Waals surface area contributed by atoms with Gasteiger partial charge in [-0.25, -0.2) is 4.98 Å². The fourth-order valence-electron chi connectivity index (χ4n) is 1.96. The Morgan fingerprint density at radius 1 is 1.31 bits per heavy atom. The monoisotopic (exact) mass is 217 g/mol. The van der Waals surface area contributed by atoms with E-state index in [0.717, 1.165) is 17.0 Å². The van der Waals surface area contributed by atoms with Crippen LogP contribution in [-0.2, 0) is 5.41 Å². The molecule has 0 spiro atoms. The van der Waals surface area contributed by atoms with E-state index < -0.39 is 0 Å². The van der Waals surface area contributed by atoms with E-state index >= 15 is 0 Å². The van der Waals surface area contributed by atoms with Crippen LogP contribution in [0.2, 0.25) is 0 Å². The van der Waals surface area contributed by atoms with E-state index in [-0.39, 0.29) is 11.5 Å². The van der Waals surface area contributed by atoms with E-state index in [1.165, 1.54) is 0 Å². The van der Waals surface area contributed by atoms with Crippen molar-refractivity contribution >= 4 is 5.52 Å². The van der Waals surface area contributed by atoms with Gasteiger partial charge in [-0.3, -0.25) is 4.40 Å². The molecule has 16 heavy (non-hydrogen) atoms. The fraction of sp³-hybridized carbons (Fsp3) is 0.462. The summed E-state index contributed by atoms with van der Waals surface area (Å²) in [4.78, 5) is 4.52. The summed E-state index contributed by atoms with van der Waals surface area (Å²) in [6.45, 7) is 8.50. The lowest BCUT2D eigenvalue weighted by Gasteiger charge is -2.20. The Morgan fingerprint density at radius 2 is 2.00 bits per heavy atom. The molecule has 0 aliphatic rings. The molecule has 2 aromatic heterocycles. The maximum atomic E-state index is 6.00. The second-order valence-corrected chi connectivity index (χ2v) is 5.33. The molecule has 2 aromatic rings. The van der Waals surface area contributed by atoms with E-state index in [4.69, 9.17) is 5.73 Å². The molecule has 0 aromatic carbocycles. The van der Waals surface area contributed by atoms with Gasteiger partial charge in [-0.15, -0.1) is 0 Å². The number of nitrogens with zero attached hydrogens (tertiary/aromatic N) is 2. The molecule has 2 rings (SSSR count). The lowest BCUT2D eigenvalue weighted by molar-refractivity contribution is 0.535. The predicted molar refractivity (Wildman–Crippen MR) is 66.5 cm³/mol. The number of imidazole rings is 1. The van der Waals surface area contributed by atoms with E-state index in [2.05, 4.69) is 42.3 Å². The van der Waals surface area contributed by atoms with Crippen molar-refractivity contribution in [1.82, 2.24) is 9.38 Å². The zero-order valence-corrected chi connectivity index (χ0v) is 10.4. The van der Waals surface area contributed by atoms with Crippen molar-refractivity contribution in [3.05, 3.63) is 35.9 Å². The van der Waals surface area contributed by atoms with Gasteiger partial charge in [0.1, 0.15) is 5.82 Å².